The zero-order chi connectivity index (χ0) is 23.0. The third-order valence-electron chi connectivity index (χ3n) is 5.79. The van der Waals surface area contributed by atoms with Crippen LogP contribution in [0.15, 0.2) is 67.0 Å². The third-order valence-corrected chi connectivity index (χ3v) is 5.79. The van der Waals surface area contributed by atoms with Gasteiger partial charge in [0.25, 0.3) is 0 Å². The molecule has 3 N–H and O–H groups in total. The van der Waals surface area contributed by atoms with Crippen LogP contribution in [-0.4, -0.2) is 31.2 Å². The van der Waals surface area contributed by atoms with Crippen LogP contribution in [0.3, 0.4) is 0 Å². The van der Waals surface area contributed by atoms with Gasteiger partial charge in [-0.05, 0) is 61.3 Å². The summed E-state index contributed by atoms with van der Waals surface area (Å²) in [5.41, 5.74) is 3.14. The number of urea groups is 1. The quantitative estimate of drug-likeness (QED) is 0.404. The Morgan fingerprint density at radius 3 is 2.47 bits per heavy atom. The number of carbonyl (C=O) groups excluding carboxylic acids is 1. The fourth-order valence-electron chi connectivity index (χ4n) is 3.75. The molecule has 32 heavy (non-hydrogen) atoms. The van der Waals surface area contributed by atoms with E-state index in [2.05, 4.69) is 52.1 Å². The van der Waals surface area contributed by atoms with Gasteiger partial charge in [0.05, 0.1) is 0 Å². The van der Waals surface area contributed by atoms with Crippen LogP contribution in [0.1, 0.15) is 28.2 Å². The van der Waals surface area contributed by atoms with Crippen molar-refractivity contribution in [2.45, 2.75) is 25.2 Å². The second-order valence-electron chi connectivity index (χ2n) is 7.74. The lowest BCUT2D eigenvalue weighted by atomic mass is 9.75. The van der Waals surface area contributed by atoms with Crippen molar-refractivity contribution in [3.05, 3.63) is 84.2 Å². The topological polar surface area (TPSA) is 66.0 Å². The van der Waals surface area contributed by atoms with E-state index in [0.29, 0.717) is 6.54 Å². The summed E-state index contributed by atoms with van der Waals surface area (Å²) in [6, 6.07) is 15.0. The minimum absolute atomic E-state index is 0. The molecule has 0 spiro atoms. The Hall–Kier alpha value is -3.32. The fraction of sp³-hybridized carbons (Fsp3) is 0.280. The lowest BCUT2D eigenvalue weighted by molar-refractivity contribution is 0.246. The molecule has 3 aromatic rings. The Morgan fingerprint density at radius 2 is 1.84 bits per heavy atom. The first kappa shape index (κ1) is 23.3. The maximum Gasteiger partial charge on any atom is 0.319 e. The Balaban J connectivity index is 0.00000289. The predicted molar refractivity (Wildman–Crippen MR) is 128 cm³/mol. The van der Waals surface area contributed by atoms with E-state index in [1.54, 1.807) is 6.20 Å². The van der Waals surface area contributed by atoms with E-state index in [9.17, 15) is 13.6 Å². The second kappa shape index (κ2) is 10.8. The molecule has 0 aliphatic carbocycles. The number of hydrogen-bond donors (Lipinski definition) is 3. The van der Waals surface area contributed by atoms with Crippen molar-refractivity contribution in [1.29, 1.82) is 0 Å². The van der Waals surface area contributed by atoms with E-state index in [1.165, 1.54) is 6.07 Å². The molecule has 0 saturated carbocycles. The number of carbonyl (C=O) groups is 1. The van der Waals surface area contributed by atoms with Gasteiger partial charge in [-0.3, -0.25) is 4.98 Å². The van der Waals surface area contributed by atoms with Gasteiger partial charge in [0.15, 0.2) is 11.6 Å². The largest absolute Gasteiger partial charge is 0.337 e. The van der Waals surface area contributed by atoms with E-state index >= 15 is 0 Å². The molecule has 1 unspecified atom stereocenters. The van der Waals surface area contributed by atoms with Gasteiger partial charge in [0.1, 0.15) is 0 Å². The SMILES string of the molecule is CCC(CCNC)(CNC(=O)Nc1ccc(F)c(F)c1)c1ccc(-c2cccnc2)cc1.[HH].[HH]. The number of amides is 2. The van der Waals surface area contributed by atoms with Crippen molar-refractivity contribution in [1.82, 2.24) is 15.6 Å². The van der Waals surface area contributed by atoms with Gasteiger partial charge in [-0.2, -0.15) is 0 Å². The summed E-state index contributed by atoms with van der Waals surface area (Å²) in [7, 11) is 1.90. The number of halogens is 2. The van der Waals surface area contributed by atoms with Crippen LogP contribution < -0.4 is 16.0 Å². The highest BCUT2D eigenvalue weighted by Crippen LogP contribution is 2.32. The number of aromatic nitrogens is 1. The highest BCUT2D eigenvalue weighted by atomic mass is 19.2. The molecule has 1 heterocycles. The lowest BCUT2D eigenvalue weighted by Gasteiger charge is -2.34. The maximum atomic E-state index is 13.4. The number of benzene rings is 2. The van der Waals surface area contributed by atoms with E-state index in [4.69, 9.17) is 0 Å². The van der Waals surface area contributed by atoms with Gasteiger partial charge < -0.3 is 16.0 Å². The molecule has 5 nitrogen and oxygen atoms in total. The summed E-state index contributed by atoms with van der Waals surface area (Å²) in [5, 5.41) is 8.66. The fourth-order valence-corrected chi connectivity index (χ4v) is 3.75. The van der Waals surface area contributed by atoms with E-state index < -0.39 is 17.7 Å². The average Bonchev–Trinajstić information content (AvgIpc) is 2.83. The highest BCUT2D eigenvalue weighted by molar-refractivity contribution is 5.89. The number of anilines is 1. The molecule has 3 rings (SSSR count). The molecular formula is C25H32F2N4O. The van der Waals surface area contributed by atoms with Crippen LogP contribution in [0.25, 0.3) is 11.1 Å². The number of pyridine rings is 1. The molecule has 2 aromatic carbocycles. The monoisotopic (exact) mass is 442 g/mol. The van der Waals surface area contributed by atoms with Gasteiger partial charge in [-0.25, -0.2) is 13.6 Å². The summed E-state index contributed by atoms with van der Waals surface area (Å²) >= 11 is 0. The molecule has 0 bridgehead atoms. The minimum atomic E-state index is -1.01. The molecule has 0 fully saturated rings. The van der Waals surface area contributed by atoms with Crippen LogP contribution in [0.5, 0.6) is 0 Å². The summed E-state index contributed by atoms with van der Waals surface area (Å²) in [6.45, 7) is 3.28. The van der Waals surface area contributed by atoms with E-state index in [-0.39, 0.29) is 14.0 Å². The average molecular weight is 443 g/mol. The van der Waals surface area contributed by atoms with Crippen molar-refractivity contribution in [3.8, 4) is 11.1 Å². The van der Waals surface area contributed by atoms with Crippen molar-refractivity contribution in [2.24, 2.45) is 0 Å². The third kappa shape index (κ3) is 5.68. The van der Waals surface area contributed by atoms with Gasteiger partial charge in [0.2, 0.25) is 0 Å². The first-order valence-corrected chi connectivity index (χ1v) is 10.6. The Morgan fingerprint density at radius 1 is 1.06 bits per heavy atom. The smallest absolute Gasteiger partial charge is 0.319 e. The Labute approximate surface area is 190 Å². The minimum Gasteiger partial charge on any atom is -0.337 e. The van der Waals surface area contributed by atoms with Crippen LogP contribution in [-0.2, 0) is 5.41 Å². The number of hydrogen-bond acceptors (Lipinski definition) is 3. The first-order valence-electron chi connectivity index (χ1n) is 10.6. The second-order valence-corrected chi connectivity index (χ2v) is 7.74. The van der Waals surface area contributed by atoms with Crippen molar-refractivity contribution in [3.63, 3.8) is 0 Å². The molecule has 7 heteroatoms. The van der Waals surface area contributed by atoms with Crippen molar-refractivity contribution in [2.75, 3.05) is 25.5 Å². The van der Waals surface area contributed by atoms with Crippen molar-refractivity contribution >= 4 is 11.7 Å². The van der Waals surface area contributed by atoms with Crippen LogP contribution in [0.4, 0.5) is 19.3 Å². The molecule has 2 amide bonds. The summed E-state index contributed by atoms with van der Waals surface area (Å²) in [5.74, 6) is -1.96. The molecule has 1 atom stereocenters. The van der Waals surface area contributed by atoms with E-state index in [1.807, 2.05) is 25.4 Å². The molecule has 172 valence electrons. The van der Waals surface area contributed by atoms with Crippen LogP contribution >= 0.6 is 0 Å². The summed E-state index contributed by atoms with van der Waals surface area (Å²) in [6.07, 6.45) is 5.20. The van der Waals surface area contributed by atoms with Crippen molar-refractivity contribution < 1.29 is 16.4 Å². The number of nitrogens with zero attached hydrogens (tertiary/aromatic N) is 1. The molecule has 0 radical (unpaired) electrons. The normalized spacial score (nSPS) is 12.8. The molecule has 0 saturated heterocycles. The number of nitrogens with one attached hydrogen (secondary N) is 3. The summed E-state index contributed by atoms with van der Waals surface area (Å²) < 4.78 is 26.5. The molecule has 0 aliphatic rings. The lowest BCUT2D eigenvalue weighted by Crippen LogP contribution is -2.43. The standard InChI is InChI=1S/C25H28F2N4O.2H2/c1-3-25(12-14-28-2,17-30-24(32)31-21-10-11-22(26)23(27)15-21)20-8-6-18(7-9-20)19-5-4-13-29-16-19;;/h4-11,13,15-16,28H,3,12,14,17H2,1-2H3,(H2,30,31,32);2*1H. The van der Waals surface area contributed by atoms with Gasteiger partial charge in [-0.15, -0.1) is 0 Å². The zero-order valence-corrected chi connectivity index (χ0v) is 18.3. The zero-order valence-electron chi connectivity index (χ0n) is 18.3. The predicted octanol–water partition coefficient (Wildman–Crippen LogP) is 5.60. The van der Waals surface area contributed by atoms with Gasteiger partial charge in [-0.1, -0.05) is 37.3 Å². The van der Waals surface area contributed by atoms with E-state index in [0.717, 1.165) is 48.2 Å². The Bertz CT molecular complexity index is 1040. The van der Waals surface area contributed by atoms with Gasteiger partial charge in [0, 0.05) is 39.0 Å². The first-order chi connectivity index (χ1) is 15.5. The molecular weight excluding hydrogens is 410 g/mol. The van der Waals surface area contributed by atoms with Crippen LogP contribution in [0.2, 0.25) is 0 Å². The highest BCUT2D eigenvalue weighted by Gasteiger charge is 2.30. The number of rotatable bonds is 9. The Kier molecular flexibility index (Phi) is 7.89. The molecule has 1 aromatic heterocycles. The maximum absolute atomic E-state index is 13.4. The van der Waals surface area contributed by atoms with Crippen LogP contribution in [0, 0.1) is 11.6 Å². The summed E-state index contributed by atoms with van der Waals surface area (Å²) in [4.78, 5) is 16.6. The van der Waals surface area contributed by atoms with Gasteiger partial charge >= 0.3 is 6.03 Å². The molecule has 0 aliphatic heterocycles.